The largest absolute Gasteiger partial charge is 0.383 e. The highest BCUT2D eigenvalue weighted by molar-refractivity contribution is 5.85. The molecule has 0 spiro atoms. The third kappa shape index (κ3) is 4.73. The molecule has 2 atom stereocenters. The lowest BCUT2D eigenvalue weighted by Gasteiger charge is -2.24. The predicted octanol–water partition coefficient (Wildman–Crippen LogP) is 4.51. The summed E-state index contributed by atoms with van der Waals surface area (Å²) in [6.45, 7) is 0. The molecule has 0 aliphatic heterocycles. The van der Waals surface area contributed by atoms with E-state index < -0.39 is 12.1 Å². The number of rotatable bonds is 8. The van der Waals surface area contributed by atoms with Crippen LogP contribution in [0.2, 0.25) is 0 Å². The van der Waals surface area contributed by atoms with E-state index in [4.69, 9.17) is 0 Å². The molecule has 4 heteroatoms. The number of carbonyl (C=O) groups is 1. The molecular weight excluding hydrogens is 372 g/mol. The van der Waals surface area contributed by atoms with Crippen molar-refractivity contribution in [2.45, 2.75) is 25.0 Å². The molecule has 4 rings (SSSR count). The van der Waals surface area contributed by atoms with Gasteiger partial charge in [-0.05, 0) is 41.3 Å². The molecule has 30 heavy (non-hydrogen) atoms. The Labute approximate surface area is 176 Å². The van der Waals surface area contributed by atoms with E-state index in [0.717, 1.165) is 16.7 Å². The summed E-state index contributed by atoms with van der Waals surface area (Å²) in [6, 6.07) is 27.1. The molecule has 0 saturated carbocycles. The summed E-state index contributed by atoms with van der Waals surface area (Å²) in [4.78, 5) is 17.1. The molecule has 0 saturated heterocycles. The van der Waals surface area contributed by atoms with Gasteiger partial charge >= 0.3 is 0 Å². The summed E-state index contributed by atoms with van der Waals surface area (Å²) >= 11 is 0. The molecule has 0 aliphatic rings. The SMILES string of the molecule is O=C(Cc1ccccn1)C(O)C(Cc1ccccc1)n1ccc(-c2ccccc2)c1. The molecule has 2 unspecified atom stereocenters. The number of nitrogens with zero attached hydrogens (tertiary/aromatic N) is 2. The Kier molecular flexibility index (Phi) is 6.16. The van der Waals surface area contributed by atoms with Crippen molar-refractivity contribution in [2.75, 3.05) is 0 Å². The third-order valence-corrected chi connectivity index (χ3v) is 5.27. The minimum absolute atomic E-state index is 0.111. The summed E-state index contributed by atoms with van der Waals surface area (Å²) in [5.74, 6) is -0.232. The van der Waals surface area contributed by atoms with Crippen molar-refractivity contribution in [3.8, 4) is 11.1 Å². The smallest absolute Gasteiger partial charge is 0.169 e. The molecule has 2 heterocycles. The first-order chi connectivity index (χ1) is 14.7. The normalized spacial score (nSPS) is 13.0. The van der Waals surface area contributed by atoms with Gasteiger partial charge in [0.2, 0.25) is 0 Å². The average molecular weight is 396 g/mol. The summed E-state index contributed by atoms with van der Waals surface area (Å²) < 4.78 is 1.95. The van der Waals surface area contributed by atoms with Crippen LogP contribution in [0.3, 0.4) is 0 Å². The Bertz CT molecular complexity index is 1080. The number of aromatic nitrogens is 2. The zero-order valence-corrected chi connectivity index (χ0v) is 16.6. The highest BCUT2D eigenvalue weighted by Gasteiger charge is 2.28. The van der Waals surface area contributed by atoms with Gasteiger partial charge in [0.15, 0.2) is 5.78 Å². The van der Waals surface area contributed by atoms with E-state index in [1.54, 1.807) is 12.3 Å². The van der Waals surface area contributed by atoms with Crippen molar-refractivity contribution in [3.63, 3.8) is 0 Å². The van der Waals surface area contributed by atoms with Gasteiger partial charge in [-0.25, -0.2) is 0 Å². The van der Waals surface area contributed by atoms with Gasteiger partial charge in [-0.2, -0.15) is 0 Å². The van der Waals surface area contributed by atoms with Gasteiger partial charge in [-0.15, -0.1) is 0 Å². The zero-order chi connectivity index (χ0) is 20.8. The van der Waals surface area contributed by atoms with Crippen LogP contribution in [-0.4, -0.2) is 26.5 Å². The molecule has 2 aromatic heterocycles. The lowest BCUT2D eigenvalue weighted by atomic mass is 9.96. The second-order valence-electron chi connectivity index (χ2n) is 7.38. The molecule has 0 radical (unpaired) electrons. The molecule has 150 valence electrons. The van der Waals surface area contributed by atoms with Crippen molar-refractivity contribution in [2.24, 2.45) is 0 Å². The first kappa shape index (κ1) is 19.8. The zero-order valence-electron chi connectivity index (χ0n) is 16.6. The van der Waals surface area contributed by atoms with Crippen molar-refractivity contribution < 1.29 is 9.90 Å². The summed E-state index contributed by atoms with van der Waals surface area (Å²) in [7, 11) is 0. The molecule has 0 aliphatic carbocycles. The van der Waals surface area contributed by atoms with E-state index in [0.29, 0.717) is 12.1 Å². The third-order valence-electron chi connectivity index (χ3n) is 5.27. The summed E-state index contributed by atoms with van der Waals surface area (Å²) in [5.41, 5.74) is 3.89. The fourth-order valence-corrected chi connectivity index (χ4v) is 3.66. The van der Waals surface area contributed by atoms with E-state index in [1.807, 2.05) is 83.7 Å². The maximum absolute atomic E-state index is 12.9. The van der Waals surface area contributed by atoms with E-state index in [2.05, 4.69) is 17.1 Å². The lowest BCUT2D eigenvalue weighted by Crippen LogP contribution is -2.34. The molecule has 4 nitrogen and oxygen atoms in total. The topological polar surface area (TPSA) is 55.1 Å². The van der Waals surface area contributed by atoms with Crippen LogP contribution in [0.5, 0.6) is 0 Å². The first-order valence-corrected chi connectivity index (χ1v) is 10.1. The molecule has 0 amide bonds. The molecule has 4 aromatic rings. The molecule has 0 bridgehead atoms. The maximum atomic E-state index is 12.9. The molecule has 0 fully saturated rings. The predicted molar refractivity (Wildman–Crippen MR) is 118 cm³/mol. The van der Waals surface area contributed by atoms with E-state index in [9.17, 15) is 9.90 Å². The molecule has 2 aromatic carbocycles. The number of pyridine rings is 1. The number of aliphatic hydroxyl groups is 1. The molecular formula is C26H24N2O2. The van der Waals surface area contributed by atoms with Gasteiger partial charge in [-0.1, -0.05) is 66.7 Å². The van der Waals surface area contributed by atoms with Gasteiger partial charge in [0.05, 0.1) is 12.5 Å². The number of Topliss-reactive ketones (excluding diaryl/α,β-unsaturated/α-hetero) is 1. The maximum Gasteiger partial charge on any atom is 0.169 e. The minimum atomic E-state index is -1.14. The Morgan fingerprint density at radius 1 is 0.867 bits per heavy atom. The minimum Gasteiger partial charge on any atom is -0.383 e. The van der Waals surface area contributed by atoms with Crippen LogP contribution in [0.25, 0.3) is 11.1 Å². The second-order valence-corrected chi connectivity index (χ2v) is 7.38. The van der Waals surface area contributed by atoms with Gasteiger partial charge in [0.1, 0.15) is 6.10 Å². The van der Waals surface area contributed by atoms with Crippen LogP contribution in [-0.2, 0) is 17.6 Å². The van der Waals surface area contributed by atoms with Crippen LogP contribution in [0.4, 0.5) is 0 Å². The number of ketones is 1. The monoisotopic (exact) mass is 396 g/mol. The van der Waals surface area contributed by atoms with Crippen molar-refractivity contribution in [1.29, 1.82) is 0 Å². The Balaban J connectivity index is 1.61. The lowest BCUT2D eigenvalue weighted by molar-refractivity contribution is -0.128. The number of aliphatic hydroxyl groups excluding tert-OH is 1. The summed E-state index contributed by atoms with van der Waals surface area (Å²) in [6.07, 6.45) is 5.13. The van der Waals surface area contributed by atoms with Crippen LogP contribution in [0.1, 0.15) is 17.3 Å². The van der Waals surface area contributed by atoms with Gasteiger partial charge < -0.3 is 9.67 Å². The van der Waals surface area contributed by atoms with Crippen LogP contribution >= 0.6 is 0 Å². The standard InChI is InChI=1S/C26H24N2O2/c29-25(18-23-13-7-8-15-27-23)26(30)24(17-20-9-3-1-4-10-20)28-16-14-22(19-28)21-11-5-2-6-12-21/h1-16,19,24,26,30H,17-18H2. The number of hydrogen-bond acceptors (Lipinski definition) is 3. The Hall–Kier alpha value is -3.50. The fourth-order valence-electron chi connectivity index (χ4n) is 3.66. The van der Waals surface area contributed by atoms with Gasteiger partial charge in [0.25, 0.3) is 0 Å². The van der Waals surface area contributed by atoms with Crippen molar-refractivity contribution in [3.05, 3.63) is 115 Å². The van der Waals surface area contributed by atoms with Crippen LogP contribution in [0.15, 0.2) is 104 Å². The number of carbonyl (C=O) groups excluding carboxylic acids is 1. The highest BCUT2D eigenvalue weighted by atomic mass is 16.3. The van der Waals surface area contributed by atoms with Crippen molar-refractivity contribution >= 4 is 5.78 Å². The number of hydrogen-bond donors (Lipinski definition) is 1. The molecule has 1 N–H and O–H groups in total. The quantitative estimate of drug-likeness (QED) is 0.477. The van der Waals surface area contributed by atoms with Crippen LogP contribution < -0.4 is 0 Å². The van der Waals surface area contributed by atoms with Gasteiger partial charge in [-0.3, -0.25) is 9.78 Å². The Morgan fingerprint density at radius 3 is 2.27 bits per heavy atom. The summed E-state index contributed by atoms with van der Waals surface area (Å²) in [5, 5.41) is 11.0. The average Bonchev–Trinajstić information content (AvgIpc) is 3.29. The Morgan fingerprint density at radius 2 is 1.57 bits per heavy atom. The van der Waals surface area contributed by atoms with Gasteiger partial charge in [0, 0.05) is 24.3 Å². The fraction of sp³-hybridized carbons (Fsp3) is 0.154. The highest BCUT2D eigenvalue weighted by Crippen LogP contribution is 2.26. The first-order valence-electron chi connectivity index (χ1n) is 10.1. The van der Waals surface area contributed by atoms with E-state index >= 15 is 0 Å². The van der Waals surface area contributed by atoms with Crippen LogP contribution in [0, 0.1) is 0 Å². The van der Waals surface area contributed by atoms with Crippen molar-refractivity contribution in [1.82, 2.24) is 9.55 Å². The number of benzene rings is 2. The van der Waals surface area contributed by atoms with E-state index in [1.165, 1.54) is 0 Å². The van der Waals surface area contributed by atoms with E-state index in [-0.39, 0.29) is 12.2 Å². The second kappa shape index (κ2) is 9.33.